The molecule has 54 heavy (non-hydrogen) atoms. The molecular formula is C41H49N7O6. The van der Waals surface area contributed by atoms with Gasteiger partial charge in [0.25, 0.3) is 11.5 Å². The lowest BCUT2D eigenvalue weighted by Crippen LogP contribution is -2.61. The number of aromatic nitrogens is 1. The van der Waals surface area contributed by atoms with Gasteiger partial charge in [0.05, 0.1) is 25.5 Å². The maximum Gasteiger partial charge on any atom is 0.255 e. The van der Waals surface area contributed by atoms with E-state index in [4.69, 9.17) is 9.47 Å². The summed E-state index contributed by atoms with van der Waals surface area (Å²) in [6, 6.07) is 9.70. The fourth-order valence-electron chi connectivity index (χ4n) is 9.78. The molecule has 2 aromatic carbocycles. The normalized spacial score (nSPS) is 22.4. The number of hydrogen-bond donors (Lipinski definition) is 2. The molecule has 1 spiro atoms. The summed E-state index contributed by atoms with van der Waals surface area (Å²) in [5, 5.41) is 5.80. The van der Waals surface area contributed by atoms with Gasteiger partial charge >= 0.3 is 0 Å². The van der Waals surface area contributed by atoms with Crippen molar-refractivity contribution < 1.29 is 23.9 Å². The van der Waals surface area contributed by atoms with Crippen molar-refractivity contribution in [1.29, 1.82) is 0 Å². The molecule has 284 valence electrons. The number of methoxy groups -OCH3 is 2. The van der Waals surface area contributed by atoms with Gasteiger partial charge in [-0.25, -0.2) is 0 Å². The largest absolute Gasteiger partial charge is 0.496 e. The zero-order valence-electron chi connectivity index (χ0n) is 31.4. The van der Waals surface area contributed by atoms with Crippen molar-refractivity contribution >= 4 is 29.1 Å². The minimum absolute atomic E-state index is 0.0506. The van der Waals surface area contributed by atoms with Gasteiger partial charge in [0.2, 0.25) is 11.8 Å². The molecule has 4 fully saturated rings. The zero-order valence-corrected chi connectivity index (χ0v) is 31.4. The van der Waals surface area contributed by atoms with Crippen LogP contribution in [0.2, 0.25) is 0 Å². The van der Waals surface area contributed by atoms with E-state index in [9.17, 15) is 19.2 Å². The number of hydrogen-bond acceptors (Lipinski definition) is 10. The van der Waals surface area contributed by atoms with E-state index in [1.165, 1.54) is 12.8 Å². The second-order valence-electron chi connectivity index (χ2n) is 16.3. The van der Waals surface area contributed by atoms with Gasteiger partial charge in [-0.15, -0.1) is 0 Å². The number of imide groups is 1. The Labute approximate surface area is 315 Å². The molecule has 6 aliphatic rings. The summed E-state index contributed by atoms with van der Waals surface area (Å²) in [6.07, 6.45) is 5.63. The molecule has 0 aliphatic carbocycles. The quantitative estimate of drug-likeness (QED) is 0.317. The van der Waals surface area contributed by atoms with E-state index in [1.807, 2.05) is 18.3 Å². The number of fused-ring (bicyclic) bond motifs is 2. The molecule has 3 aromatic rings. The lowest BCUT2D eigenvalue weighted by Gasteiger charge is -2.55. The van der Waals surface area contributed by atoms with Gasteiger partial charge in [-0.3, -0.25) is 29.4 Å². The van der Waals surface area contributed by atoms with Crippen LogP contribution in [0.4, 0.5) is 11.4 Å². The zero-order chi connectivity index (χ0) is 37.3. The number of aryl methyl sites for hydroxylation is 1. The molecule has 0 bridgehead atoms. The first-order valence-corrected chi connectivity index (χ1v) is 19.3. The van der Waals surface area contributed by atoms with E-state index in [-0.39, 0.29) is 29.7 Å². The van der Waals surface area contributed by atoms with Gasteiger partial charge in [-0.2, -0.15) is 0 Å². The van der Waals surface area contributed by atoms with E-state index in [1.54, 1.807) is 30.7 Å². The van der Waals surface area contributed by atoms with Gasteiger partial charge in [-0.05, 0) is 80.1 Å². The molecule has 1 atom stereocenters. The number of anilines is 2. The first kappa shape index (κ1) is 34.9. The number of carbonyl (C=O) groups excluding carboxylic acids is 3. The minimum atomic E-state index is -0.588. The van der Waals surface area contributed by atoms with Crippen LogP contribution in [-0.4, -0.2) is 110 Å². The minimum Gasteiger partial charge on any atom is -0.496 e. The number of pyridine rings is 1. The van der Waals surface area contributed by atoms with Crippen molar-refractivity contribution in [3.05, 3.63) is 69.1 Å². The Morgan fingerprint density at radius 3 is 2.35 bits per heavy atom. The molecule has 2 N–H and O–H groups in total. The summed E-state index contributed by atoms with van der Waals surface area (Å²) in [6.45, 7) is 9.36. The molecule has 3 amide bonds. The highest BCUT2D eigenvalue weighted by molar-refractivity contribution is 6.05. The van der Waals surface area contributed by atoms with Crippen LogP contribution in [0.1, 0.15) is 52.7 Å². The van der Waals surface area contributed by atoms with Gasteiger partial charge in [0, 0.05) is 99.8 Å². The average Bonchev–Trinajstić information content (AvgIpc) is 3.76. The number of ether oxygens (including phenoxy) is 2. The Morgan fingerprint density at radius 1 is 0.907 bits per heavy atom. The maximum atomic E-state index is 13.3. The molecule has 13 nitrogen and oxygen atoms in total. The molecule has 4 saturated heterocycles. The third-order valence-electron chi connectivity index (χ3n) is 12.8. The van der Waals surface area contributed by atoms with Crippen LogP contribution in [0.3, 0.4) is 0 Å². The van der Waals surface area contributed by atoms with Crippen LogP contribution >= 0.6 is 0 Å². The van der Waals surface area contributed by atoms with E-state index < -0.39 is 6.04 Å². The highest BCUT2D eigenvalue weighted by atomic mass is 16.5. The third-order valence-corrected chi connectivity index (χ3v) is 12.8. The van der Waals surface area contributed by atoms with Crippen LogP contribution in [0.5, 0.6) is 11.5 Å². The molecule has 0 radical (unpaired) electrons. The highest BCUT2D eigenvalue weighted by Crippen LogP contribution is 2.44. The smallest absolute Gasteiger partial charge is 0.255 e. The molecule has 1 aromatic heterocycles. The summed E-state index contributed by atoms with van der Waals surface area (Å²) in [5.41, 5.74) is 7.82. The predicted octanol–water partition coefficient (Wildman–Crippen LogP) is 2.83. The Hall–Kier alpha value is -4.88. The van der Waals surface area contributed by atoms with Crippen molar-refractivity contribution in [2.24, 2.45) is 18.4 Å². The summed E-state index contributed by atoms with van der Waals surface area (Å²) in [7, 11) is 5.22. The standard InChI is InChI=1S/C41H49N7O6/c1-44-21-31(37-29(39(44)51)8-11-42-37)27-14-34(53-2)32(35(15-27)54-3)22-46-18-25(19-46)17-45-12-9-41(10-13-45)23-47(24-41)28-5-4-26-20-48(40(52)30(26)16-28)33-6-7-36(49)43-38(33)50/h4-5,14-16,21,25,33,42H,6-13,17-20,22-24H2,1-3H3,(H,43,49,50). The summed E-state index contributed by atoms with van der Waals surface area (Å²) >= 11 is 0. The first-order valence-electron chi connectivity index (χ1n) is 19.3. The van der Waals surface area contributed by atoms with E-state index in [2.05, 4.69) is 43.5 Å². The first-order chi connectivity index (χ1) is 26.1. The lowest BCUT2D eigenvalue weighted by molar-refractivity contribution is -0.136. The number of benzene rings is 2. The summed E-state index contributed by atoms with van der Waals surface area (Å²) in [5.74, 6) is 1.47. The average molecular weight is 736 g/mol. The topological polar surface area (TPSA) is 129 Å². The van der Waals surface area contributed by atoms with Gasteiger partial charge in [-0.1, -0.05) is 6.07 Å². The number of piperidine rings is 2. The van der Waals surface area contributed by atoms with Crippen LogP contribution in [-0.2, 0) is 36.1 Å². The molecule has 0 saturated carbocycles. The van der Waals surface area contributed by atoms with E-state index >= 15 is 0 Å². The lowest BCUT2D eigenvalue weighted by atomic mass is 9.71. The van der Waals surface area contributed by atoms with Crippen molar-refractivity contribution in [3.63, 3.8) is 0 Å². The second-order valence-corrected chi connectivity index (χ2v) is 16.3. The second kappa shape index (κ2) is 13.5. The SMILES string of the molecule is COc1cc(-c2cn(C)c(=O)c3c2NCC3)cc(OC)c1CN1CC(CN2CCC3(CC2)CN(c2ccc4c(c2)C(=O)N(C2CCC(=O)NC2=O)C4)C3)C1. The van der Waals surface area contributed by atoms with Crippen LogP contribution in [0.25, 0.3) is 11.1 Å². The Kier molecular flexibility index (Phi) is 8.68. The number of carbonyl (C=O) groups is 3. The number of nitrogens with one attached hydrogen (secondary N) is 2. The number of likely N-dealkylation sites (tertiary alicyclic amines) is 2. The monoisotopic (exact) mass is 735 g/mol. The Balaban J connectivity index is 0.765. The molecule has 1 unspecified atom stereocenters. The fraction of sp³-hybridized carbons (Fsp3) is 0.512. The molecule has 9 rings (SSSR count). The van der Waals surface area contributed by atoms with Crippen molar-refractivity contribution in [2.75, 3.05) is 76.8 Å². The summed E-state index contributed by atoms with van der Waals surface area (Å²) < 4.78 is 13.5. The number of rotatable bonds is 9. The molecule has 7 heterocycles. The molecule has 6 aliphatic heterocycles. The van der Waals surface area contributed by atoms with Crippen LogP contribution in [0, 0.1) is 11.3 Å². The van der Waals surface area contributed by atoms with Gasteiger partial charge in [0.1, 0.15) is 17.5 Å². The summed E-state index contributed by atoms with van der Waals surface area (Å²) in [4.78, 5) is 59.2. The number of nitrogens with zero attached hydrogens (tertiary/aromatic N) is 5. The van der Waals surface area contributed by atoms with Crippen LogP contribution in [0.15, 0.2) is 41.3 Å². The molecule has 13 heteroatoms. The van der Waals surface area contributed by atoms with Gasteiger partial charge < -0.3 is 34.1 Å². The maximum absolute atomic E-state index is 13.3. The predicted molar refractivity (Wildman–Crippen MR) is 204 cm³/mol. The number of amides is 3. The van der Waals surface area contributed by atoms with Crippen molar-refractivity contribution in [1.82, 2.24) is 24.6 Å². The highest BCUT2D eigenvalue weighted by Gasteiger charge is 2.46. The Bertz CT molecular complexity index is 2070. The molecular weight excluding hydrogens is 686 g/mol. The van der Waals surface area contributed by atoms with Crippen molar-refractivity contribution in [2.45, 2.75) is 51.2 Å². The van der Waals surface area contributed by atoms with E-state index in [0.29, 0.717) is 29.9 Å². The fourth-order valence-corrected chi connectivity index (χ4v) is 9.78. The van der Waals surface area contributed by atoms with Crippen LogP contribution < -0.4 is 30.6 Å². The van der Waals surface area contributed by atoms with Crippen molar-refractivity contribution in [3.8, 4) is 22.6 Å². The third kappa shape index (κ3) is 6.01. The van der Waals surface area contributed by atoms with Gasteiger partial charge in [0.15, 0.2) is 0 Å². The van der Waals surface area contributed by atoms with E-state index in [0.717, 1.165) is 116 Å². The Morgan fingerprint density at radius 2 is 1.65 bits per heavy atom.